The summed E-state index contributed by atoms with van der Waals surface area (Å²) in [7, 11) is 0. The number of nitrogens with zero attached hydrogens (tertiary/aromatic N) is 3. The molecule has 1 aliphatic heterocycles. The molecule has 1 atom stereocenters. The van der Waals surface area contributed by atoms with Crippen LogP contribution in [0.5, 0.6) is 0 Å². The number of aromatic nitrogens is 2. The standard InChI is InChI=1S/C18H19N3O/c1-14-9-11-19-18(20-14)16-10-12-21(13-16)17(22)8-7-15-5-3-2-4-6-15/h2-9,11,16H,10,12-13H2,1H3/b8-7+/t16-/m0/s1. The van der Waals surface area contributed by atoms with E-state index >= 15 is 0 Å². The van der Waals surface area contributed by atoms with Crippen molar-refractivity contribution >= 4 is 12.0 Å². The van der Waals surface area contributed by atoms with E-state index in [1.54, 1.807) is 12.3 Å². The van der Waals surface area contributed by atoms with Gasteiger partial charge in [0, 0.05) is 37.0 Å². The van der Waals surface area contributed by atoms with Crippen LogP contribution < -0.4 is 0 Å². The number of aryl methyl sites for hydroxylation is 1. The Morgan fingerprint density at radius 2 is 2.09 bits per heavy atom. The first-order valence-corrected chi connectivity index (χ1v) is 7.54. The summed E-state index contributed by atoms with van der Waals surface area (Å²) >= 11 is 0. The molecular formula is C18H19N3O. The molecule has 1 aromatic carbocycles. The van der Waals surface area contributed by atoms with E-state index in [1.807, 2.05) is 54.3 Å². The number of carbonyl (C=O) groups is 1. The van der Waals surface area contributed by atoms with Crippen LogP contribution >= 0.6 is 0 Å². The monoisotopic (exact) mass is 293 g/mol. The van der Waals surface area contributed by atoms with Gasteiger partial charge in [0.15, 0.2) is 0 Å². The molecule has 0 saturated carbocycles. The number of hydrogen-bond acceptors (Lipinski definition) is 3. The molecule has 1 aromatic heterocycles. The summed E-state index contributed by atoms with van der Waals surface area (Å²) in [5, 5.41) is 0. The second kappa shape index (κ2) is 6.52. The van der Waals surface area contributed by atoms with Gasteiger partial charge in [0.1, 0.15) is 5.82 Å². The van der Waals surface area contributed by atoms with E-state index in [-0.39, 0.29) is 11.8 Å². The second-order valence-electron chi connectivity index (χ2n) is 5.57. The van der Waals surface area contributed by atoms with Gasteiger partial charge < -0.3 is 4.90 Å². The van der Waals surface area contributed by atoms with Crippen molar-refractivity contribution in [2.75, 3.05) is 13.1 Å². The summed E-state index contributed by atoms with van der Waals surface area (Å²) in [6.07, 6.45) is 6.22. The van der Waals surface area contributed by atoms with Crippen molar-refractivity contribution in [2.45, 2.75) is 19.3 Å². The molecule has 2 aromatic rings. The highest BCUT2D eigenvalue weighted by Crippen LogP contribution is 2.24. The average Bonchev–Trinajstić information content (AvgIpc) is 3.04. The van der Waals surface area contributed by atoms with E-state index < -0.39 is 0 Å². The fourth-order valence-corrected chi connectivity index (χ4v) is 2.67. The lowest BCUT2D eigenvalue weighted by Crippen LogP contribution is -2.26. The van der Waals surface area contributed by atoms with Crippen molar-refractivity contribution in [2.24, 2.45) is 0 Å². The summed E-state index contributed by atoms with van der Waals surface area (Å²) in [5.74, 6) is 1.15. The summed E-state index contributed by atoms with van der Waals surface area (Å²) in [6.45, 7) is 3.42. The van der Waals surface area contributed by atoms with Crippen LogP contribution in [0.25, 0.3) is 6.08 Å². The Kier molecular flexibility index (Phi) is 4.28. The minimum atomic E-state index is 0.0546. The summed E-state index contributed by atoms with van der Waals surface area (Å²) < 4.78 is 0. The van der Waals surface area contributed by atoms with Crippen molar-refractivity contribution in [3.8, 4) is 0 Å². The van der Waals surface area contributed by atoms with Gasteiger partial charge in [0.25, 0.3) is 0 Å². The minimum Gasteiger partial charge on any atom is -0.338 e. The third-order valence-electron chi connectivity index (χ3n) is 3.90. The molecule has 22 heavy (non-hydrogen) atoms. The molecule has 3 rings (SSSR count). The zero-order chi connectivity index (χ0) is 15.4. The van der Waals surface area contributed by atoms with Crippen molar-refractivity contribution in [1.29, 1.82) is 0 Å². The van der Waals surface area contributed by atoms with Crippen molar-refractivity contribution in [3.63, 3.8) is 0 Å². The Morgan fingerprint density at radius 3 is 2.86 bits per heavy atom. The number of likely N-dealkylation sites (tertiary alicyclic amines) is 1. The maximum Gasteiger partial charge on any atom is 0.246 e. The van der Waals surface area contributed by atoms with E-state index in [2.05, 4.69) is 9.97 Å². The van der Waals surface area contributed by atoms with Crippen LogP contribution in [0.2, 0.25) is 0 Å². The molecule has 0 bridgehead atoms. The van der Waals surface area contributed by atoms with E-state index in [9.17, 15) is 4.79 Å². The van der Waals surface area contributed by atoms with E-state index in [4.69, 9.17) is 0 Å². The van der Waals surface area contributed by atoms with Crippen LogP contribution in [0.3, 0.4) is 0 Å². The molecule has 112 valence electrons. The van der Waals surface area contributed by atoms with Gasteiger partial charge in [-0.25, -0.2) is 9.97 Å². The van der Waals surface area contributed by atoms with Gasteiger partial charge in [-0.1, -0.05) is 30.3 Å². The highest BCUT2D eigenvalue weighted by Gasteiger charge is 2.27. The Balaban J connectivity index is 1.63. The number of carbonyl (C=O) groups excluding carboxylic acids is 1. The molecule has 2 heterocycles. The third kappa shape index (κ3) is 3.39. The lowest BCUT2D eigenvalue weighted by molar-refractivity contribution is -0.124. The van der Waals surface area contributed by atoms with E-state index in [0.717, 1.165) is 30.0 Å². The summed E-state index contributed by atoms with van der Waals surface area (Å²) in [4.78, 5) is 22.9. The zero-order valence-corrected chi connectivity index (χ0v) is 12.6. The number of hydrogen-bond donors (Lipinski definition) is 0. The molecule has 4 nitrogen and oxygen atoms in total. The van der Waals surface area contributed by atoms with Crippen molar-refractivity contribution < 1.29 is 4.79 Å². The van der Waals surface area contributed by atoms with E-state index in [1.165, 1.54) is 0 Å². The van der Waals surface area contributed by atoms with Gasteiger partial charge in [-0.05, 0) is 31.1 Å². The molecule has 1 amide bonds. The highest BCUT2D eigenvalue weighted by molar-refractivity contribution is 5.92. The number of rotatable bonds is 3. The van der Waals surface area contributed by atoms with Crippen LogP contribution in [0.4, 0.5) is 0 Å². The first-order valence-electron chi connectivity index (χ1n) is 7.54. The second-order valence-corrected chi connectivity index (χ2v) is 5.57. The van der Waals surface area contributed by atoms with Gasteiger partial charge in [0.05, 0.1) is 0 Å². The lowest BCUT2D eigenvalue weighted by Gasteiger charge is -2.14. The smallest absolute Gasteiger partial charge is 0.246 e. The van der Waals surface area contributed by atoms with Gasteiger partial charge in [-0.3, -0.25) is 4.79 Å². The van der Waals surface area contributed by atoms with Crippen LogP contribution in [0.1, 0.15) is 29.4 Å². The van der Waals surface area contributed by atoms with Gasteiger partial charge in [-0.2, -0.15) is 0 Å². The predicted octanol–water partition coefficient (Wildman–Crippen LogP) is 2.81. The Morgan fingerprint density at radius 1 is 1.27 bits per heavy atom. The SMILES string of the molecule is Cc1ccnc([C@H]2CCN(C(=O)/C=C/c3ccccc3)C2)n1. The topological polar surface area (TPSA) is 46.1 Å². The predicted molar refractivity (Wildman–Crippen MR) is 86.2 cm³/mol. The summed E-state index contributed by atoms with van der Waals surface area (Å²) in [5.41, 5.74) is 2.01. The molecule has 4 heteroatoms. The fraction of sp³-hybridized carbons (Fsp3) is 0.278. The Labute approximate surface area is 130 Å². The Bertz CT molecular complexity index is 682. The average molecular weight is 293 g/mol. The molecule has 1 fully saturated rings. The number of benzene rings is 1. The van der Waals surface area contributed by atoms with Crippen LogP contribution in [0.15, 0.2) is 48.7 Å². The van der Waals surface area contributed by atoms with Crippen LogP contribution in [0, 0.1) is 6.92 Å². The van der Waals surface area contributed by atoms with E-state index in [0.29, 0.717) is 6.54 Å². The maximum atomic E-state index is 12.3. The summed E-state index contributed by atoms with van der Waals surface area (Å²) in [6, 6.07) is 11.8. The molecule has 0 radical (unpaired) electrons. The van der Waals surface area contributed by atoms with Crippen molar-refractivity contribution in [3.05, 3.63) is 65.8 Å². The van der Waals surface area contributed by atoms with Gasteiger partial charge >= 0.3 is 0 Å². The largest absolute Gasteiger partial charge is 0.338 e. The molecule has 0 unspecified atom stereocenters. The third-order valence-corrected chi connectivity index (χ3v) is 3.90. The van der Waals surface area contributed by atoms with Crippen molar-refractivity contribution in [1.82, 2.24) is 14.9 Å². The van der Waals surface area contributed by atoms with Gasteiger partial charge in [-0.15, -0.1) is 0 Å². The van der Waals surface area contributed by atoms with Crippen LogP contribution in [-0.2, 0) is 4.79 Å². The highest BCUT2D eigenvalue weighted by atomic mass is 16.2. The first kappa shape index (κ1) is 14.4. The molecule has 0 aliphatic carbocycles. The molecule has 0 N–H and O–H groups in total. The first-order chi connectivity index (χ1) is 10.7. The van der Waals surface area contributed by atoms with Gasteiger partial charge in [0.2, 0.25) is 5.91 Å². The minimum absolute atomic E-state index is 0.0546. The lowest BCUT2D eigenvalue weighted by atomic mass is 10.1. The normalized spacial score (nSPS) is 18.0. The molecular weight excluding hydrogens is 274 g/mol. The maximum absolute atomic E-state index is 12.3. The number of amides is 1. The quantitative estimate of drug-likeness (QED) is 0.818. The Hall–Kier alpha value is -2.49. The van der Waals surface area contributed by atoms with Crippen LogP contribution in [-0.4, -0.2) is 33.9 Å². The molecule has 1 aliphatic rings. The molecule has 0 spiro atoms. The fourth-order valence-electron chi connectivity index (χ4n) is 2.67. The zero-order valence-electron chi connectivity index (χ0n) is 12.6. The molecule has 1 saturated heterocycles.